The Kier molecular flexibility index (Phi) is 5.65. The summed E-state index contributed by atoms with van der Waals surface area (Å²) in [7, 11) is 1.29. The van der Waals surface area contributed by atoms with Crippen molar-refractivity contribution in [3.05, 3.63) is 35.1 Å². The average Bonchev–Trinajstić information content (AvgIpc) is 2.37. The summed E-state index contributed by atoms with van der Waals surface area (Å²) in [5.74, 6) is -0.858. The van der Waals surface area contributed by atoms with Gasteiger partial charge in [0.15, 0.2) is 0 Å². The number of nitrogens with zero attached hydrogens (tertiary/aromatic N) is 1. The van der Waals surface area contributed by atoms with E-state index in [-0.39, 0.29) is 5.82 Å². The van der Waals surface area contributed by atoms with Gasteiger partial charge in [0.05, 0.1) is 18.3 Å². The van der Waals surface area contributed by atoms with Gasteiger partial charge in [-0.25, -0.2) is 9.18 Å². The van der Waals surface area contributed by atoms with E-state index in [9.17, 15) is 14.3 Å². The van der Waals surface area contributed by atoms with Gasteiger partial charge < -0.3 is 9.84 Å². The first-order valence-corrected chi connectivity index (χ1v) is 6.58. The summed E-state index contributed by atoms with van der Waals surface area (Å²) in [5, 5.41) is 9.84. The number of ether oxygens (including phenoxy) is 1. The Balaban J connectivity index is 2.92. The summed E-state index contributed by atoms with van der Waals surface area (Å²) < 4.78 is 18.5. The first-order valence-electron chi connectivity index (χ1n) is 6.58. The quantitative estimate of drug-likeness (QED) is 0.813. The average molecular weight is 283 g/mol. The minimum Gasteiger partial charge on any atom is -0.465 e. The first-order chi connectivity index (χ1) is 9.26. The molecule has 0 bridgehead atoms. The van der Waals surface area contributed by atoms with Gasteiger partial charge in [0.1, 0.15) is 5.82 Å². The highest BCUT2D eigenvalue weighted by atomic mass is 19.1. The molecule has 1 rings (SSSR count). The third-order valence-electron chi connectivity index (χ3n) is 2.92. The lowest BCUT2D eigenvalue weighted by Gasteiger charge is -2.28. The Hall–Kier alpha value is -1.46. The van der Waals surface area contributed by atoms with Gasteiger partial charge in [0.2, 0.25) is 0 Å². The van der Waals surface area contributed by atoms with E-state index in [1.165, 1.54) is 25.3 Å². The molecule has 0 spiro atoms. The van der Waals surface area contributed by atoms with Crippen LogP contribution in [0.15, 0.2) is 18.2 Å². The molecule has 0 saturated carbocycles. The van der Waals surface area contributed by atoms with Gasteiger partial charge in [-0.2, -0.15) is 0 Å². The fourth-order valence-corrected chi connectivity index (χ4v) is 2.01. The molecule has 1 aromatic rings. The molecule has 5 heteroatoms. The van der Waals surface area contributed by atoms with E-state index in [1.54, 1.807) is 13.8 Å². The van der Waals surface area contributed by atoms with Crippen LogP contribution in [0.2, 0.25) is 0 Å². The van der Waals surface area contributed by atoms with Crippen molar-refractivity contribution in [1.82, 2.24) is 4.90 Å². The highest BCUT2D eigenvalue weighted by Gasteiger charge is 2.19. The van der Waals surface area contributed by atoms with Crippen LogP contribution in [0.1, 0.15) is 36.7 Å². The zero-order valence-corrected chi connectivity index (χ0v) is 12.4. The summed E-state index contributed by atoms with van der Waals surface area (Å²) >= 11 is 0. The summed E-state index contributed by atoms with van der Waals surface area (Å²) in [6.45, 7) is 6.77. The molecule has 112 valence electrons. The van der Waals surface area contributed by atoms with Crippen molar-refractivity contribution in [3.63, 3.8) is 0 Å². The van der Waals surface area contributed by atoms with Gasteiger partial charge >= 0.3 is 5.97 Å². The maximum atomic E-state index is 13.8. The lowest BCUT2D eigenvalue weighted by Crippen LogP contribution is -2.38. The summed E-state index contributed by atoms with van der Waals surface area (Å²) in [4.78, 5) is 13.4. The zero-order valence-electron chi connectivity index (χ0n) is 12.4. The van der Waals surface area contributed by atoms with Crippen molar-refractivity contribution in [2.45, 2.75) is 32.9 Å². The number of carbonyl (C=O) groups is 1. The van der Waals surface area contributed by atoms with Gasteiger partial charge in [-0.1, -0.05) is 6.92 Å². The van der Waals surface area contributed by atoms with Crippen LogP contribution in [0.25, 0.3) is 0 Å². The molecule has 0 aliphatic carbocycles. The topological polar surface area (TPSA) is 49.8 Å². The monoisotopic (exact) mass is 283 g/mol. The number of likely N-dealkylation sites (N-methyl/N-ethyl adjacent to an activating group) is 1. The molecule has 0 saturated heterocycles. The third-order valence-corrected chi connectivity index (χ3v) is 2.92. The molecule has 0 unspecified atom stereocenters. The van der Waals surface area contributed by atoms with E-state index in [1.807, 2.05) is 11.8 Å². The van der Waals surface area contributed by atoms with Crippen LogP contribution in [-0.4, -0.2) is 41.8 Å². The van der Waals surface area contributed by atoms with E-state index >= 15 is 0 Å². The van der Waals surface area contributed by atoms with Crippen LogP contribution in [0.4, 0.5) is 4.39 Å². The Bertz CT molecular complexity index is 469. The Labute approximate surface area is 119 Å². The second-order valence-electron chi connectivity index (χ2n) is 5.41. The van der Waals surface area contributed by atoms with E-state index in [0.717, 1.165) is 0 Å². The van der Waals surface area contributed by atoms with Crippen molar-refractivity contribution >= 4 is 5.97 Å². The van der Waals surface area contributed by atoms with E-state index in [4.69, 9.17) is 0 Å². The molecule has 1 aromatic carbocycles. The molecular weight excluding hydrogens is 261 g/mol. The van der Waals surface area contributed by atoms with Gasteiger partial charge in [-0.15, -0.1) is 0 Å². The molecule has 0 atom stereocenters. The van der Waals surface area contributed by atoms with Crippen LogP contribution in [-0.2, 0) is 11.3 Å². The van der Waals surface area contributed by atoms with Crippen LogP contribution in [0, 0.1) is 5.82 Å². The van der Waals surface area contributed by atoms with Crippen LogP contribution in [0.5, 0.6) is 0 Å². The number of esters is 1. The second kappa shape index (κ2) is 6.81. The first kappa shape index (κ1) is 16.6. The smallest absolute Gasteiger partial charge is 0.337 e. The summed E-state index contributed by atoms with van der Waals surface area (Å²) in [6, 6.07) is 4.16. The number of aliphatic hydroxyl groups is 1. The van der Waals surface area contributed by atoms with Crippen LogP contribution in [0.3, 0.4) is 0 Å². The van der Waals surface area contributed by atoms with E-state index in [2.05, 4.69) is 4.74 Å². The van der Waals surface area contributed by atoms with Gasteiger partial charge in [-0.05, 0) is 38.6 Å². The number of halogens is 1. The largest absolute Gasteiger partial charge is 0.465 e. The highest BCUT2D eigenvalue weighted by Crippen LogP contribution is 2.15. The van der Waals surface area contributed by atoms with E-state index in [0.29, 0.717) is 30.8 Å². The normalized spacial score (nSPS) is 11.8. The number of benzene rings is 1. The molecule has 0 fully saturated rings. The summed E-state index contributed by atoms with van der Waals surface area (Å²) in [6.07, 6.45) is 0. The molecule has 0 heterocycles. The predicted molar refractivity (Wildman–Crippen MR) is 75.0 cm³/mol. The zero-order chi connectivity index (χ0) is 15.3. The SMILES string of the molecule is CCN(Cc1cc(C(=O)OC)ccc1F)CC(C)(C)O. The lowest BCUT2D eigenvalue weighted by atomic mass is 10.1. The highest BCUT2D eigenvalue weighted by molar-refractivity contribution is 5.89. The standard InChI is InChI=1S/C15H22FNO3/c1-5-17(10-15(2,3)19)9-12-8-11(14(18)20-4)6-7-13(12)16/h6-8,19H,5,9-10H2,1-4H3. The number of methoxy groups -OCH3 is 1. The van der Waals surface area contributed by atoms with Gasteiger partial charge in [0.25, 0.3) is 0 Å². The Morgan fingerprint density at radius 1 is 1.45 bits per heavy atom. The fraction of sp³-hybridized carbons (Fsp3) is 0.533. The van der Waals surface area contributed by atoms with Gasteiger partial charge in [0, 0.05) is 18.7 Å². The van der Waals surface area contributed by atoms with Crippen molar-refractivity contribution in [2.75, 3.05) is 20.2 Å². The molecule has 4 nitrogen and oxygen atoms in total. The Morgan fingerprint density at radius 2 is 2.10 bits per heavy atom. The molecule has 0 radical (unpaired) electrons. The maximum Gasteiger partial charge on any atom is 0.337 e. The maximum absolute atomic E-state index is 13.8. The predicted octanol–water partition coefficient (Wildman–Crippen LogP) is 2.21. The number of hydrogen-bond acceptors (Lipinski definition) is 4. The van der Waals surface area contributed by atoms with Crippen LogP contribution >= 0.6 is 0 Å². The summed E-state index contributed by atoms with van der Waals surface area (Å²) in [5.41, 5.74) is -0.117. The van der Waals surface area contributed by atoms with Crippen molar-refractivity contribution in [3.8, 4) is 0 Å². The molecule has 0 aliphatic rings. The molecule has 0 aliphatic heterocycles. The molecule has 0 amide bonds. The molecule has 1 N–H and O–H groups in total. The fourth-order valence-electron chi connectivity index (χ4n) is 2.01. The van der Waals surface area contributed by atoms with Crippen LogP contribution < -0.4 is 0 Å². The van der Waals surface area contributed by atoms with Crippen molar-refractivity contribution in [2.24, 2.45) is 0 Å². The molecule has 0 aromatic heterocycles. The number of hydrogen-bond donors (Lipinski definition) is 1. The molecular formula is C15H22FNO3. The van der Waals surface area contributed by atoms with Crippen molar-refractivity contribution in [1.29, 1.82) is 0 Å². The number of carbonyl (C=O) groups excluding carboxylic acids is 1. The van der Waals surface area contributed by atoms with E-state index < -0.39 is 11.6 Å². The second-order valence-corrected chi connectivity index (χ2v) is 5.41. The number of rotatable bonds is 6. The molecule has 20 heavy (non-hydrogen) atoms. The minimum atomic E-state index is -0.855. The minimum absolute atomic E-state index is 0.322. The lowest BCUT2D eigenvalue weighted by molar-refractivity contribution is 0.0349. The van der Waals surface area contributed by atoms with Crippen molar-refractivity contribution < 1.29 is 19.0 Å². The third kappa shape index (κ3) is 4.90. The van der Waals surface area contributed by atoms with Gasteiger partial charge in [-0.3, -0.25) is 4.90 Å². The Morgan fingerprint density at radius 3 is 2.60 bits per heavy atom.